The molecule has 0 saturated carbocycles. The third-order valence-corrected chi connectivity index (χ3v) is 4.20. The summed E-state index contributed by atoms with van der Waals surface area (Å²) in [6.45, 7) is 3.61. The van der Waals surface area contributed by atoms with E-state index in [1.54, 1.807) is 0 Å². The van der Waals surface area contributed by atoms with Gasteiger partial charge in [0, 0.05) is 24.3 Å². The molecular formula is C20H27ClN6. The fourth-order valence-corrected chi connectivity index (χ4v) is 2.82. The Hall–Kier alpha value is -2.86. The van der Waals surface area contributed by atoms with Gasteiger partial charge in [-0.2, -0.15) is 0 Å². The highest BCUT2D eigenvalue weighted by molar-refractivity contribution is 5.65. The lowest BCUT2D eigenvalue weighted by molar-refractivity contribution is -0.696. The van der Waals surface area contributed by atoms with Crippen LogP contribution in [0.25, 0.3) is 0 Å². The zero-order valence-corrected chi connectivity index (χ0v) is 16.1. The predicted octanol–water partition coefficient (Wildman–Crippen LogP) is -0.442. The molecule has 3 rings (SSSR count). The van der Waals surface area contributed by atoms with Crippen molar-refractivity contribution in [1.82, 2.24) is 4.57 Å². The first-order chi connectivity index (χ1) is 12.7. The van der Waals surface area contributed by atoms with E-state index in [1.807, 2.05) is 48.5 Å². The van der Waals surface area contributed by atoms with E-state index in [1.165, 1.54) is 0 Å². The second kappa shape index (κ2) is 10.3. The molecule has 2 aromatic carbocycles. The molecule has 0 aliphatic heterocycles. The number of hydrogen-bond acceptors (Lipinski definition) is 4. The number of benzene rings is 2. The van der Waals surface area contributed by atoms with Crippen molar-refractivity contribution in [2.75, 3.05) is 35.2 Å². The Kier molecular flexibility index (Phi) is 7.82. The molecule has 0 unspecified atom stereocenters. The summed E-state index contributed by atoms with van der Waals surface area (Å²) in [5, 5.41) is 6.77. The van der Waals surface area contributed by atoms with E-state index in [-0.39, 0.29) is 12.4 Å². The lowest BCUT2D eigenvalue weighted by Gasteiger charge is -2.07. The number of rotatable bonds is 9. The maximum absolute atomic E-state index is 5.94. The fourth-order valence-electron chi connectivity index (χ4n) is 2.82. The number of nitrogens with two attached hydrogens (primary N) is 2. The van der Waals surface area contributed by atoms with Crippen molar-refractivity contribution >= 4 is 22.7 Å². The van der Waals surface area contributed by atoms with E-state index >= 15 is 0 Å². The van der Waals surface area contributed by atoms with Gasteiger partial charge in [0.15, 0.2) is 0 Å². The molecule has 1 aromatic heterocycles. The van der Waals surface area contributed by atoms with Crippen LogP contribution < -0.4 is 39.1 Å². The summed E-state index contributed by atoms with van der Waals surface area (Å²) in [5.41, 5.74) is 15.3. The van der Waals surface area contributed by atoms with Gasteiger partial charge in [0.1, 0.15) is 18.9 Å². The lowest BCUT2D eigenvalue weighted by Crippen LogP contribution is -3.00. The number of nitrogen functional groups attached to an aromatic ring is 2. The molecule has 3 aromatic rings. The molecule has 27 heavy (non-hydrogen) atoms. The fraction of sp³-hybridized carbons (Fsp3) is 0.250. The van der Waals surface area contributed by atoms with Crippen molar-refractivity contribution in [3.63, 3.8) is 0 Å². The minimum Gasteiger partial charge on any atom is -1.00 e. The molecule has 0 radical (unpaired) electrons. The first-order valence-corrected chi connectivity index (χ1v) is 8.93. The van der Waals surface area contributed by atoms with E-state index in [9.17, 15) is 0 Å². The number of hydrogen-bond donors (Lipinski definition) is 4. The monoisotopic (exact) mass is 386 g/mol. The molecule has 6 N–H and O–H groups in total. The van der Waals surface area contributed by atoms with Crippen LogP contribution in [0.2, 0.25) is 0 Å². The number of aryl methyl sites for hydroxylation is 1. The van der Waals surface area contributed by atoms with E-state index in [0.717, 1.165) is 55.3 Å². The minimum absolute atomic E-state index is 0. The average Bonchev–Trinajstić information content (AvgIpc) is 3.08. The van der Waals surface area contributed by atoms with Gasteiger partial charge < -0.3 is 34.5 Å². The zero-order valence-electron chi connectivity index (χ0n) is 15.3. The van der Waals surface area contributed by atoms with Crippen molar-refractivity contribution in [2.45, 2.75) is 19.5 Å². The van der Waals surface area contributed by atoms with Gasteiger partial charge in [0.25, 0.3) is 0 Å². The number of nitrogens with zero attached hydrogens (tertiary/aromatic N) is 2. The van der Waals surface area contributed by atoms with Crippen LogP contribution in [-0.4, -0.2) is 17.7 Å². The highest BCUT2D eigenvalue weighted by atomic mass is 35.5. The van der Waals surface area contributed by atoms with Gasteiger partial charge in [-0.05, 0) is 30.3 Å². The first kappa shape index (κ1) is 20.5. The summed E-state index contributed by atoms with van der Waals surface area (Å²) < 4.78 is 4.38. The summed E-state index contributed by atoms with van der Waals surface area (Å²) in [6.07, 6.45) is 7.39. The van der Waals surface area contributed by atoms with Gasteiger partial charge in [-0.3, -0.25) is 0 Å². The Labute approximate surface area is 166 Å². The number of nitrogens with one attached hydrogen (secondary N) is 2. The van der Waals surface area contributed by atoms with Gasteiger partial charge in [-0.15, -0.1) is 0 Å². The van der Waals surface area contributed by atoms with Crippen LogP contribution in [0.3, 0.4) is 0 Å². The third-order valence-electron chi connectivity index (χ3n) is 4.20. The smallest absolute Gasteiger partial charge is 0.243 e. The molecule has 0 amide bonds. The molecule has 6 nitrogen and oxygen atoms in total. The first-order valence-electron chi connectivity index (χ1n) is 8.93. The third kappa shape index (κ3) is 6.42. The maximum atomic E-state index is 5.94. The van der Waals surface area contributed by atoms with E-state index < -0.39 is 0 Å². The molecule has 0 atom stereocenters. The van der Waals surface area contributed by atoms with Crippen molar-refractivity contribution < 1.29 is 17.0 Å². The average molecular weight is 387 g/mol. The predicted molar refractivity (Wildman–Crippen MR) is 108 cm³/mol. The van der Waals surface area contributed by atoms with Crippen molar-refractivity contribution in [1.29, 1.82) is 0 Å². The topological polar surface area (TPSA) is 84.9 Å². The lowest BCUT2D eigenvalue weighted by atomic mass is 10.3. The largest absolute Gasteiger partial charge is 1.00 e. The molecule has 144 valence electrons. The summed E-state index contributed by atoms with van der Waals surface area (Å²) in [7, 11) is 0. The highest BCUT2D eigenvalue weighted by Gasteiger charge is 2.04. The SMILES string of the molecule is Nc1cccc(NCCC[n+]2ccn(CCNc3ccccc3N)c2)c1.[Cl-]. The van der Waals surface area contributed by atoms with Crippen molar-refractivity contribution in [3.8, 4) is 0 Å². The second-order valence-electron chi connectivity index (χ2n) is 6.31. The van der Waals surface area contributed by atoms with Crippen LogP contribution in [0, 0.1) is 0 Å². The molecule has 7 heteroatoms. The van der Waals surface area contributed by atoms with Crippen LogP contribution in [0.1, 0.15) is 6.42 Å². The molecule has 0 bridgehead atoms. The van der Waals surface area contributed by atoms with Gasteiger partial charge in [0.2, 0.25) is 6.33 Å². The number of anilines is 4. The molecule has 0 aliphatic carbocycles. The standard InChI is InChI=1S/C20H27N6.ClH/c21-17-5-3-6-18(15-17)23-9-4-11-25-13-14-26(16-25)12-10-24-20-8-2-1-7-19(20)22;/h1-3,5-8,13-16,23-24H,4,9-12,21-22H2;1H/q+1;/p-1. The molecule has 1 heterocycles. The Balaban J connectivity index is 0.00000261. The zero-order chi connectivity index (χ0) is 18.2. The van der Waals surface area contributed by atoms with Crippen molar-refractivity contribution in [2.24, 2.45) is 0 Å². The molecule has 0 saturated heterocycles. The van der Waals surface area contributed by atoms with Gasteiger partial charge in [-0.1, -0.05) is 18.2 Å². The molecule has 0 fully saturated rings. The van der Waals surface area contributed by atoms with E-state index in [4.69, 9.17) is 11.5 Å². The van der Waals surface area contributed by atoms with Gasteiger partial charge in [0.05, 0.1) is 24.5 Å². The number of aromatic nitrogens is 2. The van der Waals surface area contributed by atoms with Crippen LogP contribution >= 0.6 is 0 Å². The highest BCUT2D eigenvalue weighted by Crippen LogP contribution is 2.16. The Morgan fingerprint density at radius 3 is 2.63 bits per heavy atom. The van der Waals surface area contributed by atoms with Crippen LogP contribution in [-0.2, 0) is 13.1 Å². The van der Waals surface area contributed by atoms with Gasteiger partial charge in [-0.25, -0.2) is 9.13 Å². The summed E-state index contributed by atoms with van der Waals surface area (Å²) in [6, 6.07) is 15.7. The number of para-hydroxylation sites is 2. The Morgan fingerprint density at radius 2 is 1.81 bits per heavy atom. The Morgan fingerprint density at radius 1 is 0.963 bits per heavy atom. The molecular weight excluding hydrogens is 360 g/mol. The van der Waals surface area contributed by atoms with Crippen molar-refractivity contribution in [3.05, 3.63) is 67.3 Å². The van der Waals surface area contributed by atoms with Crippen LogP contribution in [0.4, 0.5) is 22.7 Å². The number of imidazole rings is 1. The molecule has 0 aliphatic rings. The van der Waals surface area contributed by atoms with Crippen LogP contribution in [0.5, 0.6) is 0 Å². The normalized spacial score (nSPS) is 10.2. The summed E-state index contributed by atoms with van der Waals surface area (Å²) in [4.78, 5) is 0. The molecule has 0 spiro atoms. The number of halogens is 1. The van der Waals surface area contributed by atoms with E-state index in [0.29, 0.717) is 0 Å². The van der Waals surface area contributed by atoms with Crippen LogP contribution in [0.15, 0.2) is 67.3 Å². The quantitative estimate of drug-likeness (QED) is 0.228. The van der Waals surface area contributed by atoms with E-state index in [2.05, 4.69) is 38.5 Å². The minimum atomic E-state index is 0. The van der Waals surface area contributed by atoms with Gasteiger partial charge >= 0.3 is 0 Å². The maximum Gasteiger partial charge on any atom is 0.243 e. The summed E-state index contributed by atoms with van der Waals surface area (Å²) >= 11 is 0. The summed E-state index contributed by atoms with van der Waals surface area (Å²) in [5.74, 6) is 0. The Bertz CT molecular complexity index is 833. The second-order valence-corrected chi connectivity index (χ2v) is 6.31.